The van der Waals surface area contributed by atoms with E-state index >= 15 is 0 Å². The van der Waals surface area contributed by atoms with Gasteiger partial charge in [-0.25, -0.2) is 13.1 Å². The second-order valence-corrected chi connectivity index (χ2v) is 7.45. The van der Waals surface area contributed by atoms with Crippen molar-refractivity contribution in [1.82, 2.24) is 9.62 Å². The number of halogens is 1. The lowest BCUT2D eigenvalue weighted by Gasteiger charge is -2.19. The van der Waals surface area contributed by atoms with E-state index in [0.29, 0.717) is 15.2 Å². The number of likely N-dealkylation sites (N-methyl/N-ethyl adjacent to an activating group) is 1. The van der Waals surface area contributed by atoms with E-state index < -0.39 is 10.0 Å². The van der Waals surface area contributed by atoms with Gasteiger partial charge in [0.15, 0.2) is 0 Å². The zero-order chi connectivity index (χ0) is 12.3. The van der Waals surface area contributed by atoms with Crippen molar-refractivity contribution in [2.45, 2.75) is 17.2 Å². The first-order chi connectivity index (χ1) is 7.34. The molecule has 92 valence electrons. The molecule has 0 aliphatic heterocycles. The van der Waals surface area contributed by atoms with Gasteiger partial charge in [0.2, 0.25) is 0 Å². The van der Waals surface area contributed by atoms with Gasteiger partial charge in [0, 0.05) is 17.1 Å². The average molecular weight is 327 g/mol. The van der Waals surface area contributed by atoms with Gasteiger partial charge in [-0.2, -0.15) is 0 Å². The molecular weight excluding hydrogens is 312 g/mol. The first kappa shape index (κ1) is 14.1. The molecule has 16 heavy (non-hydrogen) atoms. The Labute approximate surface area is 109 Å². The topological polar surface area (TPSA) is 49.4 Å². The summed E-state index contributed by atoms with van der Waals surface area (Å²) in [5, 5.41) is 1.74. The monoisotopic (exact) mass is 326 g/mol. The van der Waals surface area contributed by atoms with Crippen LogP contribution in [0, 0.1) is 0 Å². The molecule has 0 spiro atoms. The highest BCUT2D eigenvalue weighted by Gasteiger charge is 2.19. The van der Waals surface area contributed by atoms with E-state index in [1.54, 1.807) is 11.4 Å². The summed E-state index contributed by atoms with van der Waals surface area (Å²) >= 11 is 4.42. The molecule has 1 aromatic heterocycles. The van der Waals surface area contributed by atoms with Crippen molar-refractivity contribution in [1.29, 1.82) is 0 Å². The van der Waals surface area contributed by atoms with Gasteiger partial charge in [-0.05, 0) is 48.4 Å². The van der Waals surface area contributed by atoms with Gasteiger partial charge in [0.05, 0.1) is 0 Å². The van der Waals surface area contributed by atoms with Gasteiger partial charge in [-0.3, -0.25) is 0 Å². The Morgan fingerprint density at radius 1 is 1.56 bits per heavy atom. The van der Waals surface area contributed by atoms with E-state index in [1.807, 2.05) is 25.9 Å². The van der Waals surface area contributed by atoms with E-state index in [2.05, 4.69) is 20.7 Å². The van der Waals surface area contributed by atoms with Crippen molar-refractivity contribution in [2.75, 3.05) is 20.6 Å². The molecule has 0 aromatic carbocycles. The Morgan fingerprint density at radius 2 is 2.19 bits per heavy atom. The van der Waals surface area contributed by atoms with Crippen LogP contribution >= 0.6 is 27.3 Å². The van der Waals surface area contributed by atoms with Crippen LogP contribution in [-0.2, 0) is 10.0 Å². The van der Waals surface area contributed by atoms with Crippen LogP contribution in [-0.4, -0.2) is 40.0 Å². The van der Waals surface area contributed by atoms with Crippen LogP contribution in [0.2, 0.25) is 0 Å². The Bertz CT molecular complexity index is 442. The van der Waals surface area contributed by atoms with E-state index in [-0.39, 0.29) is 6.04 Å². The number of nitrogens with one attached hydrogen (secondary N) is 1. The number of nitrogens with zero attached hydrogens (tertiary/aromatic N) is 1. The summed E-state index contributed by atoms with van der Waals surface area (Å²) in [6.07, 6.45) is 0. The minimum absolute atomic E-state index is 0.161. The van der Waals surface area contributed by atoms with Gasteiger partial charge in [0.25, 0.3) is 10.0 Å². The highest BCUT2D eigenvalue weighted by Crippen LogP contribution is 2.27. The molecule has 1 N–H and O–H groups in total. The van der Waals surface area contributed by atoms with Crippen LogP contribution in [0.15, 0.2) is 20.1 Å². The fourth-order valence-electron chi connectivity index (χ4n) is 0.950. The van der Waals surface area contributed by atoms with E-state index in [0.717, 1.165) is 0 Å². The Morgan fingerprint density at radius 3 is 2.62 bits per heavy atom. The molecule has 0 fully saturated rings. The van der Waals surface area contributed by atoms with Crippen LogP contribution in [0.25, 0.3) is 0 Å². The highest BCUT2D eigenvalue weighted by atomic mass is 79.9. The summed E-state index contributed by atoms with van der Waals surface area (Å²) in [7, 11) is 0.452. The molecule has 0 amide bonds. The second kappa shape index (κ2) is 5.59. The quantitative estimate of drug-likeness (QED) is 0.896. The third-order valence-electron chi connectivity index (χ3n) is 2.28. The van der Waals surface area contributed by atoms with Crippen molar-refractivity contribution in [3.63, 3.8) is 0 Å². The lowest BCUT2D eigenvalue weighted by atomic mass is 10.3. The number of hydrogen-bond donors (Lipinski definition) is 1. The van der Waals surface area contributed by atoms with Gasteiger partial charge < -0.3 is 4.90 Å². The van der Waals surface area contributed by atoms with Gasteiger partial charge in [-0.15, -0.1) is 11.3 Å². The summed E-state index contributed by atoms with van der Waals surface area (Å²) in [5.74, 6) is 0. The molecule has 0 aliphatic rings. The maximum atomic E-state index is 11.9. The molecule has 0 aliphatic carbocycles. The molecule has 4 nitrogen and oxygen atoms in total. The Hall–Kier alpha value is 0.0500. The predicted octanol–water partition coefficient (Wildman–Crippen LogP) is 1.74. The van der Waals surface area contributed by atoms with Crippen LogP contribution < -0.4 is 4.72 Å². The molecular formula is C9H15BrN2O2S2. The van der Waals surface area contributed by atoms with Gasteiger partial charge in [0.1, 0.15) is 4.21 Å². The number of sulfonamides is 1. The largest absolute Gasteiger partial charge is 0.305 e. The van der Waals surface area contributed by atoms with Crippen molar-refractivity contribution in [2.24, 2.45) is 0 Å². The summed E-state index contributed by atoms with van der Waals surface area (Å²) in [4.78, 5) is 1.96. The molecule has 7 heteroatoms. The lowest BCUT2D eigenvalue weighted by molar-refractivity contribution is 0.314. The van der Waals surface area contributed by atoms with E-state index in [9.17, 15) is 8.42 Å². The number of rotatable bonds is 5. The van der Waals surface area contributed by atoms with Crippen LogP contribution in [0.1, 0.15) is 6.92 Å². The zero-order valence-corrected chi connectivity index (χ0v) is 12.6. The number of hydrogen-bond acceptors (Lipinski definition) is 4. The molecule has 1 atom stereocenters. The minimum atomic E-state index is -3.38. The maximum absolute atomic E-state index is 11.9. The normalized spacial score (nSPS) is 14.3. The fraction of sp³-hybridized carbons (Fsp3) is 0.556. The molecule has 0 bridgehead atoms. The van der Waals surface area contributed by atoms with E-state index in [1.165, 1.54) is 11.3 Å². The van der Waals surface area contributed by atoms with Crippen molar-refractivity contribution in [3.05, 3.63) is 15.9 Å². The van der Waals surface area contributed by atoms with Crippen molar-refractivity contribution < 1.29 is 8.42 Å². The van der Waals surface area contributed by atoms with E-state index in [4.69, 9.17) is 0 Å². The molecule has 1 rings (SSSR count). The first-order valence-electron chi connectivity index (χ1n) is 4.73. The smallest absolute Gasteiger partial charge is 0.251 e. The molecule has 0 saturated carbocycles. The molecule has 0 saturated heterocycles. The predicted molar refractivity (Wildman–Crippen MR) is 70.4 cm³/mol. The minimum Gasteiger partial charge on any atom is -0.305 e. The summed E-state index contributed by atoms with van der Waals surface area (Å²) < 4.78 is 27.3. The first-order valence-corrected chi connectivity index (χ1v) is 7.89. The van der Waals surface area contributed by atoms with Gasteiger partial charge in [-0.1, -0.05) is 0 Å². The lowest BCUT2D eigenvalue weighted by Crippen LogP contribution is -2.38. The third kappa shape index (κ3) is 3.53. The van der Waals surface area contributed by atoms with Crippen molar-refractivity contribution >= 4 is 37.3 Å². The highest BCUT2D eigenvalue weighted by molar-refractivity contribution is 9.10. The third-order valence-corrected chi connectivity index (χ3v) is 6.37. The summed E-state index contributed by atoms with van der Waals surface area (Å²) in [6.45, 7) is 2.37. The SMILES string of the molecule is CC(CNS(=O)(=O)c1sccc1Br)N(C)C. The van der Waals surface area contributed by atoms with Crippen LogP contribution in [0.4, 0.5) is 0 Å². The maximum Gasteiger partial charge on any atom is 0.251 e. The Kier molecular flexibility index (Phi) is 4.93. The van der Waals surface area contributed by atoms with Crippen LogP contribution in [0.3, 0.4) is 0 Å². The molecule has 1 unspecified atom stereocenters. The summed E-state index contributed by atoms with van der Waals surface area (Å²) in [5.41, 5.74) is 0. The van der Waals surface area contributed by atoms with Gasteiger partial charge >= 0.3 is 0 Å². The fourth-order valence-corrected chi connectivity index (χ4v) is 4.45. The van der Waals surface area contributed by atoms with Crippen LogP contribution in [0.5, 0.6) is 0 Å². The summed E-state index contributed by atoms with van der Waals surface area (Å²) in [6, 6.07) is 1.89. The van der Waals surface area contributed by atoms with Crippen molar-refractivity contribution in [3.8, 4) is 0 Å². The average Bonchev–Trinajstić information content (AvgIpc) is 2.61. The standard InChI is InChI=1S/C9H15BrN2O2S2/c1-7(12(2)3)6-11-16(13,14)9-8(10)4-5-15-9/h4-5,7,11H,6H2,1-3H3. The Balaban J connectivity index is 2.71. The molecule has 1 aromatic rings. The molecule has 0 radical (unpaired) electrons. The second-order valence-electron chi connectivity index (χ2n) is 3.72. The zero-order valence-electron chi connectivity index (χ0n) is 9.40. The molecule has 1 heterocycles. The number of thiophene rings is 1.